The zero-order valence-corrected chi connectivity index (χ0v) is 24.3. The van der Waals surface area contributed by atoms with Crippen LogP contribution in [0, 0.1) is 17.8 Å². The molecule has 0 bridgehead atoms. The van der Waals surface area contributed by atoms with Crippen molar-refractivity contribution in [3.63, 3.8) is 0 Å². The van der Waals surface area contributed by atoms with Crippen molar-refractivity contribution in [3.05, 3.63) is 35.9 Å². The number of carbonyl (C=O) groups excluding carboxylic acids is 2. The Balaban J connectivity index is 2.36. The van der Waals surface area contributed by atoms with Gasteiger partial charge < -0.3 is 19.2 Å². The molecule has 1 aliphatic carbocycles. The van der Waals surface area contributed by atoms with Crippen LogP contribution in [-0.2, 0) is 23.5 Å². The molecule has 1 aromatic rings. The Kier molecular flexibility index (Phi) is 10.1. The average molecular weight is 506 g/mol. The maximum absolute atomic E-state index is 14.2. The van der Waals surface area contributed by atoms with Crippen molar-refractivity contribution in [1.29, 1.82) is 0 Å². The summed E-state index contributed by atoms with van der Waals surface area (Å²) in [5.74, 6) is 0.352. The first-order valence-electron chi connectivity index (χ1n) is 13.0. The largest absolute Gasteiger partial charge is 0.467 e. The predicted molar refractivity (Wildman–Crippen MR) is 143 cm³/mol. The summed E-state index contributed by atoms with van der Waals surface area (Å²) in [6, 6.07) is 9.65. The minimum atomic E-state index is -2.25. The fraction of sp³-hybridized carbons (Fsp3) is 0.714. The van der Waals surface area contributed by atoms with Gasteiger partial charge in [0, 0.05) is 6.54 Å². The van der Waals surface area contributed by atoms with E-state index in [4.69, 9.17) is 13.9 Å². The number of amides is 1. The summed E-state index contributed by atoms with van der Waals surface area (Å²) >= 11 is 0. The molecule has 0 saturated heterocycles. The van der Waals surface area contributed by atoms with E-state index in [1.54, 1.807) is 0 Å². The molecule has 6 nitrogen and oxygen atoms in total. The molecule has 1 N–H and O–H groups in total. The highest BCUT2D eigenvalue weighted by molar-refractivity contribution is 6.74. The topological polar surface area (TPSA) is 73.9 Å². The molecule has 198 valence electrons. The van der Waals surface area contributed by atoms with Crippen LogP contribution >= 0.6 is 0 Å². The first kappa shape index (κ1) is 29.5. The van der Waals surface area contributed by atoms with Crippen molar-refractivity contribution in [2.24, 2.45) is 17.8 Å². The number of hydrogen-bond donors (Lipinski definition) is 1. The number of nitrogens with one attached hydrogen (secondary N) is 1. The third-order valence-corrected chi connectivity index (χ3v) is 12.4. The molecule has 0 aromatic heterocycles. The Hall–Kier alpha value is -1.70. The van der Waals surface area contributed by atoms with Gasteiger partial charge in [-0.05, 0) is 54.3 Å². The predicted octanol–water partition coefficient (Wildman–Crippen LogP) is 5.89. The molecule has 0 spiro atoms. The van der Waals surface area contributed by atoms with E-state index in [9.17, 15) is 9.59 Å². The van der Waals surface area contributed by atoms with Crippen molar-refractivity contribution in [2.45, 2.75) is 90.6 Å². The maximum atomic E-state index is 14.2. The molecule has 1 aliphatic rings. The van der Waals surface area contributed by atoms with Crippen LogP contribution in [0.4, 0.5) is 0 Å². The summed E-state index contributed by atoms with van der Waals surface area (Å²) in [7, 11) is -0.917. The molecule has 1 aromatic carbocycles. The van der Waals surface area contributed by atoms with Crippen LogP contribution in [0.3, 0.4) is 0 Å². The van der Waals surface area contributed by atoms with Crippen molar-refractivity contribution >= 4 is 20.2 Å². The second-order valence-corrected chi connectivity index (χ2v) is 16.7. The van der Waals surface area contributed by atoms with Crippen LogP contribution in [0.15, 0.2) is 30.3 Å². The molecule has 1 fully saturated rings. The summed E-state index contributed by atoms with van der Waals surface area (Å²) < 4.78 is 17.7. The quantitative estimate of drug-likeness (QED) is 0.317. The van der Waals surface area contributed by atoms with Gasteiger partial charge in [0.1, 0.15) is 18.3 Å². The molecule has 0 aliphatic heterocycles. The molecule has 7 heteroatoms. The summed E-state index contributed by atoms with van der Waals surface area (Å²) in [6.07, 6.45) is 2.32. The number of benzene rings is 1. The van der Waals surface area contributed by atoms with Crippen molar-refractivity contribution < 1.29 is 23.5 Å². The van der Waals surface area contributed by atoms with Crippen molar-refractivity contribution in [3.8, 4) is 0 Å². The van der Waals surface area contributed by atoms with Gasteiger partial charge in [-0.1, -0.05) is 78.3 Å². The van der Waals surface area contributed by atoms with E-state index in [2.05, 4.69) is 60.0 Å². The van der Waals surface area contributed by atoms with Gasteiger partial charge in [0.15, 0.2) is 8.32 Å². The van der Waals surface area contributed by atoms with Crippen molar-refractivity contribution in [1.82, 2.24) is 5.32 Å². The standard InChI is InChI=1S/C28H47NO5Si/c1-20(2)23-16-15-21(3)17-28(23,34-35(8,9)27(4,5)6)26(31)29-18-24(33-19-25(30)32-7)22-13-11-10-12-14-22/h10-14,20-21,23-24H,15-19H2,1-9H3,(H,29,31)/t21-,23+,24-,28+/m1/s1. The number of methoxy groups -OCH3 is 1. The van der Waals surface area contributed by atoms with Gasteiger partial charge in [-0.3, -0.25) is 4.79 Å². The number of esters is 1. The second kappa shape index (κ2) is 12.0. The molecule has 0 heterocycles. The summed E-state index contributed by atoms with van der Waals surface area (Å²) in [4.78, 5) is 25.9. The van der Waals surface area contributed by atoms with Crippen LogP contribution in [0.25, 0.3) is 0 Å². The number of rotatable bonds is 10. The van der Waals surface area contributed by atoms with Gasteiger partial charge in [-0.2, -0.15) is 0 Å². The maximum Gasteiger partial charge on any atom is 0.331 e. The summed E-state index contributed by atoms with van der Waals surface area (Å²) in [5.41, 5.74) is 0.0202. The first-order chi connectivity index (χ1) is 16.2. The number of carbonyl (C=O) groups is 2. The van der Waals surface area contributed by atoms with Gasteiger partial charge in [0.25, 0.3) is 5.91 Å². The van der Waals surface area contributed by atoms with Gasteiger partial charge in [0.2, 0.25) is 0 Å². The van der Waals surface area contributed by atoms with Crippen LogP contribution in [0.2, 0.25) is 18.1 Å². The van der Waals surface area contributed by atoms with Crippen LogP contribution in [0.1, 0.15) is 72.5 Å². The fourth-order valence-corrected chi connectivity index (χ4v) is 6.42. The zero-order valence-electron chi connectivity index (χ0n) is 23.3. The Labute approximate surface area is 213 Å². The third kappa shape index (κ3) is 7.40. The molecule has 0 radical (unpaired) electrons. The third-order valence-electron chi connectivity index (χ3n) is 7.90. The molecule has 35 heavy (non-hydrogen) atoms. The van der Waals surface area contributed by atoms with E-state index in [0.717, 1.165) is 18.4 Å². The lowest BCUT2D eigenvalue weighted by atomic mass is 9.66. The smallest absolute Gasteiger partial charge is 0.331 e. The minimum absolute atomic E-state index is 0.0152. The number of ether oxygens (including phenoxy) is 2. The Morgan fingerprint density at radius 2 is 1.77 bits per heavy atom. The van der Waals surface area contributed by atoms with Gasteiger partial charge in [-0.25, -0.2) is 4.79 Å². The highest BCUT2D eigenvalue weighted by atomic mass is 28.4. The molecule has 1 amide bonds. The van der Waals surface area contributed by atoms with Crippen LogP contribution in [0.5, 0.6) is 0 Å². The highest BCUT2D eigenvalue weighted by Crippen LogP contribution is 2.49. The minimum Gasteiger partial charge on any atom is -0.467 e. The monoisotopic (exact) mass is 505 g/mol. The molecule has 0 unspecified atom stereocenters. The van der Waals surface area contributed by atoms with E-state index in [0.29, 0.717) is 18.3 Å². The van der Waals surface area contributed by atoms with Crippen LogP contribution in [-0.4, -0.2) is 46.1 Å². The average Bonchev–Trinajstić information content (AvgIpc) is 2.77. The lowest BCUT2D eigenvalue weighted by Crippen LogP contribution is -2.63. The van der Waals surface area contributed by atoms with E-state index in [-0.39, 0.29) is 30.0 Å². The molecule has 2 rings (SSSR count). The second-order valence-electron chi connectivity index (χ2n) is 12.0. The SMILES string of the molecule is COC(=O)CO[C@H](CNC(=O)[C@]1(O[Si](C)(C)C(C)(C)C)C[C@H](C)CC[C@H]1C(C)C)c1ccccc1. The Morgan fingerprint density at radius 3 is 2.31 bits per heavy atom. The molecular weight excluding hydrogens is 458 g/mol. The van der Waals surface area contributed by atoms with E-state index in [1.165, 1.54) is 7.11 Å². The Morgan fingerprint density at radius 1 is 1.14 bits per heavy atom. The van der Waals surface area contributed by atoms with E-state index in [1.807, 2.05) is 30.3 Å². The Bertz CT molecular complexity index is 835. The summed E-state index contributed by atoms with van der Waals surface area (Å²) in [6.45, 7) is 17.8. The molecule has 1 saturated carbocycles. The zero-order chi connectivity index (χ0) is 26.4. The van der Waals surface area contributed by atoms with E-state index < -0.39 is 26.0 Å². The highest BCUT2D eigenvalue weighted by Gasteiger charge is 2.55. The number of hydrogen-bond acceptors (Lipinski definition) is 5. The van der Waals surface area contributed by atoms with Gasteiger partial charge in [0.05, 0.1) is 7.11 Å². The van der Waals surface area contributed by atoms with Gasteiger partial charge in [-0.15, -0.1) is 0 Å². The van der Waals surface area contributed by atoms with Crippen LogP contribution < -0.4 is 5.32 Å². The normalized spacial score (nSPS) is 24.2. The lowest BCUT2D eigenvalue weighted by Gasteiger charge is -2.52. The van der Waals surface area contributed by atoms with Gasteiger partial charge >= 0.3 is 5.97 Å². The van der Waals surface area contributed by atoms with Crippen molar-refractivity contribution in [2.75, 3.05) is 20.3 Å². The fourth-order valence-electron chi connectivity index (χ4n) is 4.88. The van der Waals surface area contributed by atoms with E-state index >= 15 is 0 Å². The lowest BCUT2D eigenvalue weighted by molar-refractivity contribution is -0.154. The summed E-state index contributed by atoms with van der Waals surface area (Å²) in [5, 5.41) is 3.18. The molecular formula is C28H47NO5Si. The first-order valence-corrected chi connectivity index (χ1v) is 15.9. The molecule has 4 atom stereocenters.